The van der Waals surface area contributed by atoms with E-state index in [1.165, 1.54) is 0 Å². The summed E-state index contributed by atoms with van der Waals surface area (Å²) in [6.45, 7) is 4.00. The Labute approximate surface area is 125 Å². The Morgan fingerprint density at radius 3 is 3.06 bits per heavy atom. The fraction of sp³-hybridized carbons (Fsp3) is 0.308. The van der Waals surface area contributed by atoms with E-state index in [0.717, 1.165) is 45.3 Å². The van der Waals surface area contributed by atoms with Gasteiger partial charge in [-0.05, 0) is 31.2 Å². The Kier molecular flexibility index (Phi) is 5.18. The van der Waals surface area contributed by atoms with Gasteiger partial charge in [0.25, 0.3) is 0 Å². The van der Waals surface area contributed by atoms with Crippen molar-refractivity contribution < 1.29 is 0 Å². The Morgan fingerprint density at radius 1 is 1.44 bits per heavy atom. The maximum atomic E-state index is 6.02. The Balaban J connectivity index is 2.16. The number of hydrogen-bond donors (Lipinski definition) is 1. The molecule has 0 aliphatic rings. The van der Waals surface area contributed by atoms with Crippen LogP contribution in [-0.4, -0.2) is 11.5 Å². The second kappa shape index (κ2) is 6.66. The van der Waals surface area contributed by atoms with Gasteiger partial charge in [0.15, 0.2) is 0 Å². The lowest BCUT2D eigenvalue weighted by Crippen LogP contribution is -2.13. The van der Waals surface area contributed by atoms with Gasteiger partial charge < -0.3 is 5.32 Å². The summed E-state index contributed by atoms with van der Waals surface area (Å²) in [5.74, 6) is 0. The molecule has 2 nitrogen and oxygen atoms in total. The number of rotatable bonds is 5. The molecule has 0 amide bonds. The van der Waals surface area contributed by atoms with Crippen molar-refractivity contribution in [2.45, 2.75) is 19.9 Å². The summed E-state index contributed by atoms with van der Waals surface area (Å²) in [7, 11) is 0. The molecule has 96 valence electrons. The fourth-order valence-corrected chi connectivity index (χ4v) is 3.15. The van der Waals surface area contributed by atoms with Gasteiger partial charge in [-0.2, -0.15) is 0 Å². The topological polar surface area (TPSA) is 24.9 Å². The molecule has 0 unspecified atom stereocenters. The summed E-state index contributed by atoms with van der Waals surface area (Å²) >= 11 is 11.2. The van der Waals surface area contributed by atoms with E-state index in [4.69, 9.17) is 11.6 Å². The third-order valence-electron chi connectivity index (χ3n) is 2.44. The van der Waals surface area contributed by atoms with E-state index in [1.54, 1.807) is 11.3 Å². The van der Waals surface area contributed by atoms with Crippen LogP contribution in [0.3, 0.4) is 0 Å². The summed E-state index contributed by atoms with van der Waals surface area (Å²) in [5.41, 5.74) is 2.13. The van der Waals surface area contributed by atoms with E-state index in [-0.39, 0.29) is 0 Å². The minimum atomic E-state index is 0.731. The van der Waals surface area contributed by atoms with E-state index in [2.05, 4.69) is 38.5 Å². The van der Waals surface area contributed by atoms with Crippen LogP contribution in [-0.2, 0) is 6.54 Å². The van der Waals surface area contributed by atoms with E-state index in [9.17, 15) is 0 Å². The third-order valence-corrected chi connectivity index (χ3v) is 4.29. The molecule has 0 saturated heterocycles. The molecule has 0 bridgehead atoms. The first-order valence-electron chi connectivity index (χ1n) is 5.81. The third kappa shape index (κ3) is 3.54. The summed E-state index contributed by atoms with van der Waals surface area (Å²) in [4.78, 5) is 4.62. The summed E-state index contributed by atoms with van der Waals surface area (Å²) in [6, 6.07) is 5.76. The van der Waals surface area contributed by atoms with Crippen molar-refractivity contribution in [3.8, 4) is 10.6 Å². The van der Waals surface area contributed by atoms with Crippen LogP contribution < -0.4 is 5.32 Å². The monoisotopic (exact) mass is 344 g/mol. The average Bonchev–Trinajstić information content (AvgIpc) is 2.81. The van der Waals surface area contributed by atoms with E-state index >= 15 is 0 Å². The Hall–Kier alpha value is -0.420. The minimum absolute atomic E-state index is 0.731. The van der Waals surface area contributed by atoms with Crippen LogP contribution in [0.2, 0.25) is 5.02 Å². The van der Waals surface area contributed by atoms with Gasteiger partial charge in [0.1, 0.15) is 5.01 Å². The van der Waals surface area contributed by atoms with Gasteiger partial charge in [-0.1, -0.05) is 34.5 Å². The van der Waals surface area contributed by atoms with Crippen LogP contribution in [0.15, 0.2) is 28.1 Å². The average molecular weight is 346 g/mol. The standard InChI is InChI=1S/C13H14BrClN2S/c1-2-5-16-7-10-8-18-13(17-10)11-6-9(15)3-4-12(11)14/h3-4,6,8,16H,2,5,7H2,1H3. The Morgan fingerprint density at radius 2 is 2.28 bits per heavy atom. The van der Waals surface area contributed by atoms with Crippen molar-refractivity contribution in [2.24, 2.45) is 0 Å². The quantitative estimate of drug-likeness (QED) is 0.793. The van der Waals surface area contributed by atoms with E-state index in [1.807, 2.05) is 18.2 Å². The molecule has 1 N–H and O–H groups in total. The molecule has 0 atom stereocenters. The molecule has 0 radical (unpaired) electrons. The number of halogens is 2. The zero-order valence-electron chi connectivity index (χ0n) is 10.0. The molecular formula is C13H14BrClN2S. The van der Waals surface area contributed by atoms with Crippen LogP contribution in [0, 0.1) is 0 Å². The van der Waals surface area contributed by atoms with Crippen molar-refractivity contribution >= 4 is 38.9 Å². The molecule has 0 fully saturated rings. The van der Waals surface area contributed by atoms with Gasteiger partial charge in [-0.25, -0.2) is 4.98 Å². The van der Waals surface area contributed by atoms with Gasteiger partial charge in [0, 0.05) is 27.0 Å². The van der Waals surface area contributed by atoms with Gasteiger partial charge in [0.2, 0.25) is 0 Å². The molecular weight excluding hydrogens is 332 g/mol. The van der Waals surface area contributed by atoms with Crippen molar-refractivity contribution in [1.82, 2.24) is 10.3 Å². The first-order valence-corrected chi connectivity index (χ1v) is 7.86. The predicted octanol–water partition coefficient (Wildman–Crippen LogP) is 4.73. The number of nitrogens with one attached hydrogen (secondary N) is 1. The van der Waals surface area contributed by atoms with Crippen molar-refractivity contribution in [3.63, 3.8) is 0 Å². The van der Waals surface area contributed by atoms with Gasteiger partial charge >= 0.3 is 0 Å². The van der Waals surface area contributed by atoms with Crippen LogP contribution >= 0.6 is 38.9 Å². The predicted molar refractivity (Wildman–Crippen MR) is 82.3 cm³/mol. The lowest BCUT2D eigenvalue weighted by Gasteiger charge is -2.01. The molecule has 2 rings (SSSR count). The molecule has 0 aliphatic carbocycles. The van der Waals surface area contributed by atoms with Crippen LogP contribution in [0.5, 0.6) is 0 Å². The fourth-order valence-electron chi connectivity index (χ4n) is 1.57. The number of thiazole rings is 1. The van der Waals surface area contributed by atoms with Crippen molar-refractivity contribution in [3.05, 3.63) is 38.8 Å². The van der Waals surface area contributed by atoms with Crippen molar-refractivity contribution in [2.75, 3.05) is 6.54 Å². The van der Waals surface area contributed by atoms with Crippen LogP contribution in [0.1, 0.15) is 19.0 Å². The Bertz CT molecular complexity index is 527. The zero-order chi connectivity index (χ0) is 13.0. The number of benzene rings is 1. The lowest BCUT2D eigenvalue weighted by atomic mass is 10.2. The largest absolute Gasteiger partial charge is 0.311 e. The first-order chi connectivity index (χ1) is 8.70. The van der Waals surface area contributed by atoms with Crippen LogP contribution in [0.25, 0.3) is 10.6 Å². The zero-order valence-corrected chi connectivity index (χ0v) is 13.2. The minimum Gasteiger partial charge on any atom is -0.311 e. The summed E-state index contributed by atoms with van der Waals surface area (Å²) in [5, 5.41) is 7.17. The molecule has 0 saturated carbocycles. The number of hydrogen-bond acceptors (Lipinski definition) is 3. The highest BCUT2D eigenvalue weighted by Crippen LogP contribution is 2.32. The maximum absolute atomic E-state index is 6.02. The molecule has 2 aromatic rings. The maximum Gasteiger partial charge on any atom is 0.124 e. The molecule has 5 heteroatoms. The van der Waals surface area contributed by atoms with Crippen LogP contribution in [0.4, 0.5) is 0 Å². The highest BCUT2D eigenvalue weighted by atomic mass is 79.9. The van der Waals surface area contributed by atoms with E-state index < -0.39 is 0 Å². The molecule has 1 heterocycles. The first kappa shape index (κ1) is 14.0. The second-order valence-electron chi connectivity index (χ2n) is 3.94. The van der Waals surface area contributed by atoms with Gasteiger partial charge in [0.05, 0.1) is 5.69 Å². The highest BCUT2D eigenvalue weighted by Gasteiger charge is 2.08. The summed E-state index contributed by atoms with van der Waals surface area (Å²) < 4.78 is 1.02. The van der Waals surface area contributed by atoms with Crippen molar-refractivity contribution in [1.29, 1.82) is 0 Å². The van der Waals surface area contributed by atoms with Gasteiger partial charge in [-0.15, -0.1) is 11.3 Å². The molecule has 0 aliphatic heterocycles. The second-order valence-corrected chi connectivity index (χ2v) is 6.09. The number of nitrogens with zero attached hydrogens (tertiary/aromatic N) is 1. The molecule has 1 aromatic heterocycles. The molecule has 0 spiro atoms. The summed E-state index contributed by atoms with van der Waals surface area (Å²) in [6.07, 6.45) is 1.14. The highest BCUT2D eigenvalue weighted by molar-refractivity contribution is 9.10. The normalized spacial score (nSPS) is 10.8. The van der Waals surface area contributed by atoms with E-state index in [0.29, 0.717) is 0 Å². The SMILES string of the molecule is CCCNCc1csc(-c2cc(Cl)ccc2Br)n1. The van der Waals surface area contributed by atoms with Gasteiger partial charge in [-0.3, -0.25) is 0 Å². The number of aromatic nitrogens is 1. The molecule has 1 aromatic carbocycles. The molecule has 18 heavy (non-hydrogen) atoms. The smallest absolute Gasteiger partial charge is 0.124 e. The lowest BCUT2D eigenvalue weighted by molar-refractivity contribution is 0.667.